The van der Waals surface area contributed by atoms with Crippen molar-refractivity contribution in [2.24, 2.45) is 7.05 Å². The molecule has 0 bridgehead atoms. The number of pyridine rings is 1. The van der Waals surface area contributed by atoms with Gasteiger partial charge in [-0.25, -0.2) is 4.98 Å². The Morgan fingerprint density at radius 3 is 2.40 bits per heavy atom. The van der Waals surface area contributed by atoms with Crippen LogP contribution in [-0.4, -0.2) is 68.9 Å². The quantitative estimate of drug-likeness (QED) is 0.437. The number of benzene rings is 1. The molecule has 1 amide bonds. The second kappa shape index (κ2) is 9.14. The van der Waals surface area contributed by atoms with Gasteiger partial charge in [-0.2, -0.15) is 5.10 Å². The van der Waals surface area contributed by atoms with Crippen LogP contribution in [0.3, 0.4) is 0 Å². The molecule has 4 aromatic rings. The molecule has 5 rings (SSSR count). The number of methoxy groups -OCH3 is 1. The average Bonchev–Trinajstić information content (AvgIpc) is 3.37. The van der Waals surface area contributed by atoms with Crippen LogP contribution in [0.25, 0.3) is 22.4 Å². The predicted octanol–water partition coefficient (Wildman–Crippen LogP) is 3.52. The summed E-state index contributed by atoms with van der Waals surface area (Å²) in [5, 5.41) is 9.29. The number of ether oxygens (including phenoxy) is 1. The van der Waals surface area contributed by atoms with E-state index in [-0.39, 0.29) is 5.91 Å². The largest absolute Gasteiger partial charge is 0.497 e. The fraction of sp³-hybridized carbons (Fsp3) is 0.385. The molecular weight excluding hydrogens is 444 g/mol. The van der Waals surface area contributed by atoms with Crippen molar-refractivity contribution in [2.75, 3.05) is 33.3 Å². The third-order valence-corrected chi connectivity index (χ3v) is 6.93. The number of carbonyl (C=O) groups excluding carboxylic acids is 1. The lowest BCUT2D eigenvalue weighted by Gasteiger charge is -2.35. The van der Waals surface area contributed by atoms with Crippen molar-refractivity contribution in [1.82, 2.24) is 29.7 Å². The fourth-order valence-electron chi connectivity index (χ4n) is 4.72. The molecule has 0 radical (unpaired) electrons. The van der Waals surface area contributed by atoms with Crippen molar-refractivity contribution in [3.05, 3.63) is 58.5 Å². The Bertz CT molecular complexity index is 1380. The van der Waals surface area contributed by atoms with E-state index in [9.17, 15) is 4.79 Å². The van der Waals surface area contributed by atoms with Crippen LogP contribution in [0.15, 0.2) is 34.9 Å². The number of aryl methyl sites for hydroxylation is 3. The summed E-state index contributed by atoms with van der Waals surface area (Å²) in [6.45, 7) is 9.77. The van der Waals surface area contributed by atoms with Crippen molar-refractivity contribution in [2.45, 2.75) is 27.3 Å². The van der Waals surface area contributed by atoms with Gasteiger partial charge in [-0.3, -0.25) is 14.4 Å². The molecule has 0 aliphatic carbocycles. The first-order valence-electron chi connectivity index (χ1n) is 11.8. The first-order chi connectivity index (χ1) is 16.9. The molecule has 0 unspecified atom stereocenters. The van der Waals surface area contributed by atoms with Crippen LogP contribution in [0, 0.1) is 20.8 Å². The van der Waals surface area contributed by atoms with Crippen molar-refractivity contribution in [3.8, 4) is 17.0 Å². The van der Waals surface area contributed by atoms with Gasteiger partial charge in [-0.05, 0) is 51.1 Å². The molecule has 0 spiro atoms. The second-order valence-electron chi connectivity index (χ2n) is 9.07. The van der Waals surface area contributed by atoms with Gasteiger partial charge in [0.15, 0.2) is 0 Å². The Balaban J connectivity index is 1.38. The molecule has 182 valence electrons. The normalized spacial score (nSPS) is 14.6. The Labute approximate surface area is 204 Å². The van der Waals surface area contributed by atoms with Gasteiger partial charge in [-0.1, -0.05) is 5.16 Å². The highest BCUT2D eigenvalue weighted by Gasteiger charge is 2.27. The van der Waals surface area contributed by atoms with E-state index >= 15 is 0 Å². The second-order valence-corrected chi connectivity index (χ2v) is 9.07. The highest BCUT2D eigenvalue weighted by Crippen LogP contribution is 2.29. The maximum Gasteiger partial charge on any atom is 0.259 e. The number of rotatable bonds is 5. The third-order valence-electron chi connectivity index (χ3n) is 6.93. The minimum Gasteiger partial charge on any atom is -0.497 e. The first-order valence-corrected chi connectivity index (χ1v) is 11.8. The van der Waals surface area contributed by atoms with Crippen LogP contribution in [-0.2, 0) is 13.6 Å². The molecule has 0 atom stereocenters. The molecule has 1 fully saturated rings. The molecule has 3 aromatic heterocycles. The van der Waals surface area contributed by atoms with Crippen molar-refractivity contribution < 1.29 is 14.1 Å². The lowest BCUT2D eigenvalue weighted by atomic mass is 10.0. The van der Waals surface area contributed by atoms with Gasteiger partial charge < -0.3 is 14.2 Å². The fourth-order valence-corrected chi connectivity index (χ4v) is 4.72. The minimum absolute atomic E-state index is 0.0214. The van der Waals surface area contributed by atoms with Crippen molar-refractivity contribution in [1.29, 1.82) is 0 Å². The molecule has 9 heteroatoms. The Kier molecular flexibility index (Phi) is 6.02. The van der Waals surface area contributed by atoms with E-state index in [4.69, 9.17) is 9.26 Å². The number of carbonyl (C=O) groups is 1. The Hall–Kier alpha value is -3.72. The van der Waals surface area contributed by atoms with Gasteiger partial charge >= 0.3 is 0 Å². The molecule has 1 saturated heterocycles. The standard InChI is InChI=1S/C26H30N6O3/c1-16-22(18(3)30(4)28-16)15-31-10-12-32(13-11-31)26(33)21-14-23(19-6-8-20(34-5)9-7-19)27-25-24(21)17(2)29-35-25/h6-9,14H,10-13,15H2,1-5H3. The lowest BCUT2D eigenvalue weighted by Crippen LogP contribution is -2.48. The topological polar surface area (TPSA) is 89.5 Å². The maximum atomic E-state index is 13.7. The van der Waals surface area contributed by atoms with Crippen molar-refractivity contribution >= 4 is 17.0 Å². The average molecular weight is 475 g/mol. The van der Waals surface area contributed by atoms with Crippen LogP contribution in [0.4, 0.5) is 0 Å². The van der Waals surface area contributed by atoms with Crippen LogP contribution < -0.4 is 4.74 Å². The van der Waals surface area contributed by atoms with Gasteiger partial charge in [-0.15, -0.1) is 0 Å². The molecule has 9 nitrogen and oxygen atoms in total. The monoisotopic (exact) mass is 474 g/mol. The lowest BCUT2D eigenvalue weighted by molar-refractivity contribution is 0.0629. The Morgan fingerprint density at radius 2 is 1.77 bits per heavy atom. The number of amides is 1. The summed E-state index contributed by atoms with van der Waals surface area (Å²) in [5.74, 6) is 0.739. The van der Waals surface area contributed by atoms with E-state index in [2.05, 4.69) is 34.0 Å². The highest BCUT2D eigenvalue weighted by atomic mass is 16.5. The summed E-state index contributed by atoms with van der Waals surface area (Å²) in [7, 11) is 3.61. The molecule has 1 aliphatic rings. The maximum absolute atomic E-state index is 13.7. The zero-order chi connectivity index (χ0) is 24.7. The van der Waals surface area contributed by atoms with E-state index in [0.29, 0.717) is 41.1 Å². The zero-order valence-corrected chi connectivity index (χ0v) is 20.8. The summed E-state index contributed by atoms with van der Waals surface area (Å²) in [5.41, 5.74) is 6.69. The summed E-state index contributed by atoms with van der Waals surface area (Å²) in [6.07, 6.45) is 0. The summed E-state index contributed by atoms with van der Waals surface area (Å²) in [6, 6.07) is 9.45. The van der Waals surface area contributed by atoms with Gasteiger partial charge in [0, 0.05) is 56.6 Å². The predicted molar refractivity (Wildman–Crippen MR) is 132 cm³/mol. The minimum atomic E-state index is -0.0214. The summed E-state index contributed by atoms with van der Waals surface area (Å²) >= 11 is 0. The SMILES string of the molecule is COc1ccc(-c2cc(C(=O)N3CCN(Cc4c(C)nn(C)c4C)CC3)c3c(C)noc3n2)cc1. The number of piperazine rings is 1. The molecule has 0 saturated carbocycles. The van der Waals surface area contributed by atoms with E-state index in [1.165, 1.54) is 11.3 Å². The van der Waals surface area contributed by atoms with Crippen LogP contribution >= 0.6 is 0 Å². The van der Waals surface area contributed by atoms with E-state index in [1.807, 2.05) is 53.9 Å². The van der Waals surface area contributed by atoms with Crippen molar-refractivity contribution in [3.63, 3.8) is 0 Å². The third kappa shape index (κ3) is 4.27. The molecular formula is C26H30N6O3. The number of aromatic nitrogens is 4. The molecule has 4 heterocycles. The van der Waals surface area contributed by atoms with E-state index < -0.39 is 0 Å². The van der Waals surface area contributed by atoms with Gasteiger partial charge in [0.1, 0.15) is 5.75 Å². The van der Waals surface area contributed by atoms with E-state index in [1.54, 1.807) is 7.11 Å². The summed E-state index contributed by atoms with van der Waals surface area (Å²) in [4.78, 5) is 22.6. The highest BCUT2D eigenvalue weighted by molar-refractivity contribution is 6.07. The number of hydrogen-bond donors (Lipinski definition) is 0. The van der Waals surface area contributed by atoms with Gasteiger partial charge in [0.25, 0.3) is 11.6 Å². The van der Waals surface area contributed by atoms with Gasteiger partial charge in [0.2, 0.25) is 0 Å². The molecule has 1 aromatic carbocycles. The smallest absolute Gasteiger partial charge is 0.259 e. The molecule has 0 N–H and O–H groups in total. The zero-order valence-electron chi connectivity index (χ0n) is 20.8. The molecule has 35 heavy (non-hydrogen) atoms. The first kappa shape index (κ1) is 23.0. The number of nitrogens with zero attached hydrogens (tertiary/aromatic N) is 6. The van der Waals surface area contributed by atoms with Crippen LogP contribution in [0.2, 0.25) is 0 Å². The number of hydrogen-bond acceptors (Lipinski definition) is 7. The van der Waals surface area contributed by atoms with Crippen LogP contribution in [0.1, 0.15) is 33.0 Å². The van der Waals surface area contributed by atoms with Gasteiger partial charge in [0.05, 0.1) is 35.1 Å². The Morgan fingerprint density at radius 1 is 1.06 bits per heavy atom. The van der Waals surface area contributed by atoms with Crippen LogP contribution in [0.5, 0.6) is 5.75 Å². The van der Waals surface area contributed by atoms with E-state index in [0.717, 1.165) is 36.6 Å². The summed E-state index contributed by atoms with van der Waals surface area (Å²) < 4.78 is 12.7. The number of fused-ring (bicyclic) bond motifs is 1. The molecule has 1 aliphatic heterocycles.